The first-order valence-electron chi connectivity index (χ1n) is 8.54. The van der Waals surface area contributed by atoms with Gasteiger partial charge in [0.15, 0.2) is 0 Å². The second-order valence-electron chi connectivity index (χ2n) is 6.22. The third kappa shape index (κ3) is 4.35. The summed E-state index contributed by atoms with van der Waals surface area (Å²) in [7, 11) is 0. The molecule has 1 amide bonds. The Morgan fingerprint density at radius 2 is 1.72 bits per heavy atom. The molecular weight excluding hydrogens is 310 g/mol. The van der Waals surface area contributed by atoms with Gasteiger partial charge in [-0.05, 0) is 55.8 Å². The molecule has 0 saturated heterocycles. The van der Waals surface area contributed by atoms with Crippen molar-refractivity contribution in [3.63, 3.8) is 0 Å². The third-order valence-electron chi connectivity index (χ3n) is 4.26. The van der Waals surface area contributed by atoms with E-state index in [2.05, 4.69) is 53.0 Å². The van der Waals surface area contributed by atoms with Crippen LogP contribution in [-0.2, 0) is 17.6 Å². The van der Waals surface area contributed by atoms with E-state index >= 15 is 0 Å². The normalized spacial score (nSPS) is 10.6. The monoisotopic (exact) mass is 333 g/mol. The van der Waals surface area contributed by atoms with Gasteiger partial charge in [0.2, 0.25) is 5.91 Å². The Bertz CT molecular complexity index is 816. The highest BCUT2D eigenvalue weighted by Gasteiger charge is 2.06. The number of pyridine rings is 1. The Balaban J connectivity index is 1.53. The molecule has 4 nitrogen and oxygen atoms in total. The Morgan fingerprint density at radius 3 is 2.36 bits per heavy atom. The molecule has 0 saturated carbocycles. The van der Waals surface area contributed by atoms with Crippen LogP contribution in [0.5, 0.6) is 0 Å². The number of hydrogen-bond donors (Lipinski definition) is 1. The molecule has 0 fully saturated rings. The zero-order valence-corrected chi connectivity index (χ0v) is 14.7. The van der Waals surface area contributed by atoms with Gasteiger partial charge in [0, 0.05) is 41.9 Å². The van der Waals surface area contributed by atoms with Crippen molar-refractivity contribution in [3.8, 4) is 5.69 Å². The SMILES string of the molecule is Cc1ccc(C)n1-c1ccc(CC(=O)NCCc2ccccn2)cc1. The third-order valence-corrected chi connectivity index (χ3v) is 4.26. The first-order valence-corrected chi connectivity index (χ1v) is 8.54. The Morgan fingerprint density at radius 1 is 1.00 bits per heavy atom. The van der Waals surface area contributed by atoms with Gasteiger partial charge in [-0.15, -0.1) is 0 Å². The van der Waals surface area contributed by atoms with Gasteiger partial charge in [0.1, 0.15) is 0 Å². The van der Waals surface area contributed by atoms with Crippen molar-refractivity contribution in [2.24, 2.45) is 0 Å². The summed E-state index contributed by atoms with van der Waals surface area (Å²) in [6, 6.07) is 18.2. The number of carbonyl (C=O) groups excluding carboxylic acids is 1. The number of aryl methyl sites for hydroxylation is 2. The lowest BCUT2D eigenvalue weighted by molar-refractivity contribution is -0.120. The number of hydrogen-bond acceptors (Lipinski definition) is 2. The van der Waals surface area contributed by atoms with Crippen molar-refractivity contribution < 1.29 is 4.79 Å². The zero-order valence-electron chi connectivity index (χ0n) is 14.7. The van der Waals surface area contributed by atoms with Gasteiger partial charge in [-0.25, -0.2) is 0 Å². The lowest BCUT2D eigenvalue weighted by atomic mass is 10.1. The molecule has 2 aromatic heterocycles. The minimum absolute atomic E-state index is 0.0389. The standard InChI is InChI=1S/C21H23N3O/c1-16-6-7-17(2)24(16)20-10-8-18(9-11-20)15-21(25)23-14-12-19-5-3-4-13-22-19/h3-11,13H,12,14-15H2,1-2H3,(H,23,25). The van der Waals surface area contributed by atoms with E-state index in [0.29, 0.717) is 13.0 Å². The molecule has 3 rings (SSSR count). The second kappa shape index (κ2) is 7.79. The maximum absolute atomic E-state index is 12.1. The van der Waals surface area contributed by atoms with Gasteiger partial charge in [0.05, 0.1) is 6.42 Å². The average Bonchev–Trinajstić information content (AvgIpc) is 2.95. The molecule has 0 spiro atoms. The number of rotatable bonds is 6. The molecule has 0 aliphatic carbocycles. The molecule has 3 aromatic rings. The first-order chi connectivity index (χ1) is 12.1. The van der Waals surface area contributed by atoms with E-state index in [1.54, 1.807) is 6.20 Å². The number of amides is 1. The van der Waals surface area contributed by atoms with Crippen LogP contribution in [0.3, 0.4) is 0 Å². The van der Waals surface area contributed by atoms with Gasteiger partial charge in [0.25, 0.3) is 0 Å². The van der Waals surface area contributed by atoms with Crippen LogP contribution in [0, 0.1) is 13.8 Å². The fraction of sp³-hybridized carbons (Fsp3) is 0.238. The van der Waals surface area contributed by atoms with Crippen LogP contribution >= 0.6 is 0 Å². The Hall–Kier alpha value is -2.88. The summed E-state index contributed by atoms with van der Waals surface area (Å²) in [6.07, 6.45) is 2.91. The van der Waals surface area contributed by atoms with Gasteiger partial charge < -0.3 is 9.88 Å². The molecule has 0 aliphatic rings. The highest BCUT2D eigenvalue weighted by atomic mass is 16.1. The van der Waals surface area contributed by atoms with Crippen molar-refractivity contribution in [2.75, 3.05) is 6.54 Å². The number of aromatic nitrogens is 2. The molecule has 0 aliphatic heterocycles. The maximum Gasteiger partial charge on any atom is 0.224 e. The number of nitrogens with zero attached hydrogens (tertiary/aromatic N) is 2. The van der Waals surface area contributed by atoms with Crippen LogP contribution in [0.15, 0.2) is 60.8 Å². The summed E-state index contributed by atoms with van der Waals surface area (Å²) in [5, 5.41) is 2.96. The summed E-state index contributed by atoms with van der Waals surface area (Å²) in [5.41, 5.74) is 5.54. The van der Waals surface area contributed by atoms with Crippen LogP contribution in [-0.4, -0.2) is 22.0 Å². The second-order valence-corrected chi connectivity index (χ2v) is 6.22. The van der Waals surface area contributed by atoms with Crippen LogP contribution < -0.4 is 5.32 Å². The molecule has 0 atom stereocenters. The molecule has 1 aromatic carbocycles. The van der Waals surface area contributed by atoms with E-state index in [1.165, 1.54) is 11.4 Å². The molecule has 128 valence electrons. The summed E-state index contributed by atoms with van der Waals surface area (Å²) < 4.78 is 2.21. The van der Waals surface area contributed by atoms with E-state index in [9.17, 15) is 4.79 Å². The maximum atomic E-state index is 12.1. The summed E-state index contributed by atoms with van der Waals surface area (Å²) >= 11 is 0. The number of nitrogens with one attached hydrogen (secondary N) is 1. The first kappa shape index (κ1) is 17.0. The zero-order chi connectivity index (χ0) is 17.6. The Kier molecular flexibility index (Phi) is 5.29. The number of carbonyl (C=O) groups is 1. The topological polar surface area (TPSA) is 46.9 Å². The van der Waals surface area contributed by atoms with E-state index < -0.39 is 0 Å². The van der Waals surface area contributed by atoms with Gasteiger partial charge in [-0.1, -0.05) is 18.2 Å². The molecule has 0 bridgehead atoms. The van der Waals surface area contributed by atoms with Crippen molar-refractivity contribution in [2.45, 2.75) is 26.7 Å². The van der Waals surface area contributed by atoms with Crippen molar-refractivity contribution in [3.05, 3.63) is 83.4 Å². The summed E-state index contributed by atoms with van der Waals surface area (Å²) in [4.78, 5) is 16.3. The highest BCUT2D eigenvalue weighted by Crippen LogP contribution is 2.17. The highest BCUT2D eigenvalue weighted by molar-refractivity contribution is 5.78. The van der Waals surface area contributed by atoms with E-state index in [4.69, 9.17) is 0 Å². The van der Waals surface area contributed by atoms with Crippen molar-refractivity contribution in [1.82, 2.24) is 14.9 Å². The van der Waals surface area contributed by atoms with Crippen LogP contribution in [0.25, 0.3) is 5.69 Å². The summed E-state index contributed by atoms with van der Waals surface area (Å²) in [6.45, 7) is 4.79. The molecule has 2 heterocycles. The van der Waals surface area contributed by atoms with Crippen LogP contribution in [0.4, 0.5) is 0 Å². The summed E-state index contributed by atoms with van der Waals surface area (Å²) in [5.74, 6) is 0.0389. The largest absolute Gasteiger partial charge is 0.355 e. The van der Waals surface area contributed by atoms with Crippen molar-refractivity contribution in [1.29, 1.82) is 0 Å². The van der Waals surface area contributed by atoms with Gasteiger partial charge in [-0.2, -0.15) is 0 Å². The van der Waals surface area contributed by atoms with Gasteiger partial charge in [-0.3, -0.25) is 9.78 Å². The number of benzene rings is 1. The smallest absolute Gasteiger partial charge is 0.224 e. The fourth-order valence-corrected chi connectivity index (χ4v) is 2.96. The molecule has 0 radical (unpaired) electrons. The van der Waals surface area contributed by atoms with Crippen molar-refractivity contribution >= 4 is 5.91 Å². The van der Waals surface area contributed by atoms with Gasteiger partial charge >= 0.3 is 0 Å². The minimum Gasteiger partial charge on any atom is -0.355 e. The van der Waals surface area contributed by atoms with Crippen LogP contribution in [0.1, 0.15) is 22.6 Å². The fourth-order valence-electron chi connectivity index (χ4n) is 2.96. The quantitative estimate of drug-likeness (QED) is 0.751. The molecular formula is C21H23N3O. The average molecular weight is 333 g/mol. The molecule has 0 unspecified atom stereocenters. The lowest BCUT2D eigenvalue weighted by Crippen LogP contribution is -2.27. The Labute approximate surface area is 148 Å². The van der Waals surface area contributed by atoms with E-state index in [-0.39, 0.29) is 5.91 Å². The molecule has 4 heteroatoms. The molecule has 25 heavy (non-hydrogen) atoms. The van der Waals surface area contributed by atoms with E-state index in [0.717, 1.165) is 23.4 Å². The molecule has 1 N–H and O–H groups in total. The van der Waals surface area contributed by atoms with E-state index in [1.807, 2.05) is 30.3 Å². The lowest BCUT2D eigenvalue weighted by Gasteiger charge is -2.10. The minimum atomic E-state index is 0.0389. The van der Waals surface area contributed by atoms with Crippen LogP contribution in [0.2, 0.25) is 0 Å². The predicted octanol–water partition coefficient (Wildman–Crippen LogP) is 3.39. The predicted molar refractivity (Wildman–Crippen MR) is 99.9 cm³/mol.